The topological polar surface area (TPSA) is 61.4 Å². The van der Waals surface area contributed by atoms with Gasteiger partial charge < -0.3 is 15.7 Å². The van der Waals surface area contributed by atoms with Gasteiger partial charge in [-0.25, -0.2) is 0 Å². The summed E-state index contributed by atoms with van der Waals surface area (Å²) in [6, 6.07) is 7.49. The van der Waals surface area contributed by atoms with Crippen LogP contribution in [0, 0.1) is 5.92 Å². The molecule has 21 heavy (non-hydrogen) atoms. The third kappa shape index (κ3) is 4.80. The van der Waals surface area contributed by atoms with Crippen LogP contribution >= 0.6 is 15.9 Å². The Bertz CT molecular complexity index is 478. The smallest absolute Gasteiger partial charge is 0.238 e. The zero-order chi connectivity index (χ0) is 15.3. The van der Waals surface area contributed by atoms with Crippen molar-refractivity contribution in [1.29, 1.82) is 0 Å². The van der Waals surface area contributed by atoms with E-state index in [0.29, 0.717) is 5.92 Å². The van der Waals surface area contributed by atoms with Crippen molar-refractivity contribution in [3.05, 3.63) is 28.7 Å². The van der Waals surface area contributed by atoms with Crippen LogP contribution < -0.4 is 10.6 Å². The second kappa shape index (κ2) is 7.38. The fourth-order valence-electron chi connectivity index (χ4n) is 3.03. The fraction of sp³-hybridized carbons (Fsp3) is 0.562. The van der Waals surface area contributed by atoms with Crippen LogP contribution in [0.5, 0.6) is 0 Å². The summed E-state index contributed by atoms with van der Waals surface area (Å²) in [5, 5.41) is 15.8. The first-order valence-electron chi connectivity index (χ1n) is 7.44. The van der Waals surface area contributed by atoms with Crippen LogP contribution in [0.25, 0.3) is 0 Å². The number of hydrogen-bond donors (Lipinski definition) is 3. The number of aliphatic hydroxyl groups is 1. The van der Waals surface area contributed by atoms with Gasteiger partial charge in [0.1, 0.15) is 0 Å². The van der Waals surface area contributed by atoms with Gasteiger partial charge >= 0.3 is 0 Å². The molecule has 0 radical (unpaired) electrons. The second-order valence-electron chi connectivity index (χ2n) is 6.05. The number of benzene rings is 1. The van der Waals surface area contributed by atoms with Crippen molar-refractivity contribution in [3.63, 3.8) is 0 Å². The molecule has 1 aliphatic rings. The number of carbonyl (C=O) groups is 1. The highest BCUT2D eigenvalue weighted by Gasteiger charge is 2.34. The number of halogens is 1. The lowest BCUT2D eigenvalue weighted by atomic mass is 9.77. The minimum atomic E-state index is -0.297. The molecule has 0 saturated heterocycles. The van der Waals surface area contributed by atoms with Gasteiger partial charge in [0.15, 0.2) is 0 Å². The molecule has 0 spiro atoms. The van der Waals surface area contributed by atoms with Crippen molar-refractivity contribution in [2.45, 2.75) is 38.1 Å². The van der Waals surface area contributed by atoms with E-state index in [2.05, 4.69) is 33.5 Å². The summed E-state index contributed by atoms with van der Waals surface area (Å²) in [6.07, 6.45) is 4.16. The van der Waals surface area contributed by atoms with E-state index in [0.717, 1.165) is 29.4 Å². The van der Waals surface area contributed by atoms with Gasteiger partial charge in [0.2, 0.25) is 5.91 Å². The summed E-state index contributed by atoms with van der Waals surface area (Å²) >= 11 is 3.36. The van der Waals surface area contributed by atoms with Gasteiger partial charge in [-0.2, -0.15) is 0 Å². The maximum atomic E-state index is 12.0. The van der Waals surface area contributed by atoms with E-state index in [1.165, 1.54) is 6.42 Å². The van der Waals surface area contributed by atoms with E-state index in [4.69, 9.17) is 0 Å². The Kier molecular flexibility index (Phi) is 5.79. The highest BCUT2D eigenvalue weighted by molar-refractivity contribution is 9.10. The molecule has 3 N–H and O–H groups in total. The van der Waals surface area contributed by atoms with Crippen LogP contribution in [-0.4, -0.2) is 29.7 Å². The molecule has 1 saturated carbocycles. The van der Waals surface area contributed by atoms with Crippen LogP contribution in [0.1, 0.15) is 32.6 Å². The van der Waals surface area contributed by atoms with E-state index < -0.39 is 0 Å². The van der Waals surface area contributed by atoms with E-state index in [-0.39, 0.29) is 24.6 Å². The number of amides is 1. The summed E-state index contributed by atoms with van der Waals surface area (Å²) in [6.45, 7) is 2.51. The minimum absolute atomic E-state index is 0.0802. The predicted octanol–water partition coefficient (Wildman–Crippen LogP) is 2.92. The zero-order valence-corrected chi connectivity index (χ0v) is 13.9. The Morgan fingerprint density at radius 3 is 2.76 bits per heavy atom. The van der Waals surface area contributed by atoms with Gasteiger partial charge in [-0.1, -0.05) is 35.7 Å². The van der Waals surface area contributed by atoms with Crippen molar-refractivity contribution >= 4 is 27.5 Å². The maximum absolute atomic E-state index is 12.0. The molecule has 4 nitrogen and oxygen atoms in total. The Morgan fingerprint density at radius 1 is 1.43 bits per heavy atom. The summed E-state index contributed by atoms with van der Waals surface area (Å²) in [7, 11) is 0. The lowest BCUT2D eigenvalue weighted by molar-refractivity contribution is -0.116. The van der Waals surface area contributed by atoms with Crippen LogP contribution in [0.3, 0.4) is 0 Å². The molecule has 0 bridgehead atoms. The van der Waals surface area contributed by atoms with Gasteiger partial charge in [0, 0.05) is 15.7 Å². The quantitative estimate of drug-likeness (QED) is 0.761. The molecular weight excluding hydrogens is 332 g/mol. The third-order valence-corrected chi connectivity index (χ3v) is 4.67. The van der Waals surface area contributed by atoms with Crippen LogP contribution in [0.15, 0.2) is 28.7 Å². The third-order valence-electron chi connectivity index (χ3n) is 4.15. The molecule has 2 atom stereocenters. The average molecular weight is 355 g/mol. The zero-order valence-electron chi connectivity index (χ0n) is 12.4. The molecule has 0 heterocycles. The molecule has 0 aromatic heterocycles. The lowest BCUT2D eigenvalue weighted by Crippen LogP contribution is -2.53. The molecule has 1 aromatic rings. The van der Waals surface area contributed by atoms with Gasteiger partial charge in [0.05, 0.1) is 13.2 Å². The number of hydrogen-bond acceptors (Lipinski definition) is 3. The lowest BCUT2D eigenvalue weighted by Gasteiger charge is -2.39. The van der Waals surface area contributed by atoms with Gasteiger partial charge in [-0.3, -0.25) is 4.79 Å². The maximum Gasteiger partial charge on any atom is 0.238 e. The number of carbonyl (C=O) groups excluding carboxylic acids is 1. The molecule has 1 fully saturated rings. The Hall–Kier alpha value is -0.910. The Labute approximate surface area is 134 Å². The van der Waals surface area contributed by atoms with Crippen molar-refractivity contribution in [2.75, 3.05) is 18.5 Å². The first kappa shape index (κ1) is 16.5. The SMILES string of the molecule is CC1CCCC(CO)(NCC(=O)Nc2ccc(Br)cc2)C1. The monoisotopic (exact) mass is 354 g/mol. The normalized spacial score (nSPS) is 25.6. The second-order valence-corrected chi connectivity index (χ2v) is 6.96. The van der Waals surface area contributed by atoms with Crippen molar-refractivity contribution in [1.82, 2.24) is 5.32 Å². The molecular formula is C16H23BrN2O2. The van der Waals surface area contributed by atoms with Crippen LogP contribution in [-0.2, 0) is 4.79 Å². The van der Waals surface area contributed by atoms with E-state index in [9.17, 15) is 9.90 Å². The van der Waals surface area contributed by atoms with Crippen molar-refractivity contribution in [2.24, 2.45) is 5.92 Å². The molecule has 2 rings (SSSR count). The molecule has 2 unspecified atom stereocenters. The standard InChI is InChI=1S/C16H23BrN2O2/c1-12-3-2-8-16(9-12,11-20)18-10-15(21)19-14-6-4-13(17)5-7-14/h4-7,12,18,20H,2-3,8-11H2,1H3,(H,19,21). The van der Waals surface area contributed by atoms with Crippen LogP contribution in [0.2, 0.25) is 0 Å². The van der Waals surface area contributed by atoms with E-state index >= 15 is 0 Å². The number of nitrogens with one attached hydrogen (secondary N) is 2. The molecule has 5 heteroatoms. The largest absolute Gasteiger partial charge is 0.394 e. The summed E-state index contributed by atoms with van der Waals surface area (Å²) in [4.78, 5) is 12.0. The van der Waals surface area contributed by atoms with Crippen molar-refractivity contribution < 1.29 is 9.90 Å². The Balaban J connectivity index is 1.86. The van der Waals surface area contributed by atoms with Gasteiger partial charge in [-0.05, 0) is 43.0 Å². The van der Waals surface area contributed by atoms with Gasteiger partial charge in [0.25, 0.3) is 0 Å². The summed E-state index contributed by atoms with van der Waals surface area (Å²) in [5.74, 6) is 0.510. The molecule has 1 amide bonds. The predicted molar refractivity (Wildman–Crippen MR) is 88.2 cm³/mol. The molecule has 116 valence electrons. The minimum Gasteiger partial charge on any atom is -0.394 e. The average Bonchev–Trinajstić information content (AvgIpc) is 2.48. The summed E-state index contributed by atoms with van der Waals surface area (Å²) in [5.41, 5.74) is 0.481. The van der Waals surface area contributed by atoms with Gasteiger partial charge in [-0.15, -0.1) is 0 Å². The number of aliphatic hydroxyl groups excluding tert-OH is 1. The Morgan fingerprint density at radius 2 is 2.14 bits per heavy atom. The highest BCUT2D eigenvalue weighted by atomic mass is 79.9. The number of rotatable bonds is 5. The van der Waals surface area contributed by atoms with Crippen LogP contribution in [0.4, 0.5) is 5.69 Å². The molecule has 0 aliphatic heterocycles. The van der Waals surface area contributed by atoms with E-state index in [1.807, 2.05) is 24.3 Å². The van der Waals surface area contributed by atoms with Crippen molar-refractivity contribution in [3.8, 4) is 0 Å². The van der Waals surface area contributed by atoms with E-state index in [1.54, 1.807) is 0 Å². The fourth-order valence-corrected chi connectivity index (χ4v) is 3.29. The molecule has 1 aromatic carbocycles. The summed E-state index contributed by atoms with van der Waals surface area (Å²) < 4.78 is 0.981. The molecule has 1 aliphatic carbocycles. The highest BCUT2D eigenvalue weighted by Crippen LogP contribution is 2.31. The number of anilines is 1. The first-order valence-corrected chi connectivity index (χ1v) is 8.24. The first-order chi connectivity index (χ1) is 10.0.